The highest BCUT2D eigenvalue weighted by Gasteiger charge is 2.27. The van der Waals surface area contributed by atoms with Gasteiger partial charge in [0.25, 0.3) is 0 Å². The molecule has 1 aromatic rings. The van der Waals surface area contributed by atoms with Crippen LogP contribution in [0.1, 0.15) is 12.8 Å². The number of nitrogens with one attached hydrogen (secondary N) is 1. The maximum absolute atomic E-state index is 6.23. The van der Waals surface area contributed by atoms with Gasteiger partial charge in [-0.25, -0.2) is 0 Å². The van der Waals surface area contributed by atoms with Crippen LogP contribution in [0.4, 0.5) is 5.69 Å². The summed E-state index contributed by atoms with van der Waals surface area (Å²) in [5.41, 5.74) is 1.07. The van der Waals surface area contributed by atoms with Crippen LogP contribution >= 0.6 is 11.6 Å². The van der Waals surface area contributed by atoms with Crippen molar-refractivity contribution in [1.29, 1.82) is 0 Å². The van der Waals surface area contributed by atoms with Crippen LogP contribution in [-0.4, -0.2) is 43.4 Å². The Kier molecular flexibility index (Phi) is 3.68. The maximum Gasteiger partial charge on any atom is 0.0822 e. The maximum atomic E-state index is 6.23. The number of morpholine rings is 1. The first-order valence-electron chi connectivity index (χ1n) is 6.52. The topological polar surface area (TPSA) is 37.4 Å². The molecule has 0 bridgehead atoms. The lowest BCUT2D eigenvalue weighted by molar-refractivity contribution is 0.0936. The molecule has 4 nitrogen and oxygen atoms in total. The standard InChI is InChI=1S/C13H18ClN3O/c14-12-8-15-4-3-13(12)17-5-6-18-9-11(17)7-16-10-1-2-10/h3-4,8,10-11,16H,1-2,5-7,9H2. The van der Waals surface area contributed by atoms with Gasteiger partial charge in [0.2, 0.25) is 0 Å². The van der Waals surface area contributed by atoms with Crippen LogP contribution in [0.15, 0.2) is 18.5 Å². The van der Waals surface area contributed by atoms with Crippen LogP contribution < -0.4 is 10.2 Å². The summed E-state index contributed by atoms with van der Waals surface area (Å²) in [6.45, 7) is 3.38. The summed E-state index contributed by atoms with van der Waals surface area (Å²) in [7, 11) is 0. The molecule has 2 heterocycles. The quantitative estimate of drug-likeness (QED) is 0.901. The van der Waals surface area contributed by atoms with Gasteiger partial charge in [-0.3, -0.25) is 4.98 Å². The van der Waals surface area contributed by atoms with E-state index in [2.05, 4.69) is 15.2 Å². The molecule has 0 radical (unpaired) electrons. The highest BCUT2D eigenvalue weighted by molar-refractivity contribution is 6.33. The lowest BCUT2D eigenvalue weighted by Gasteiger charge is -2.38. The molecule has 1 saturated heterocycles. The third kappa shape index (κ3) is 2.76. The molecular weight excluding hydrogens is 250 g/mol. The van der Waals surface area contributed by atoms with Gasteiger partial charge in [0.15, 0.2) is 0 Å². The Labute approximate surface area is 112 Å². The van der Waals surface area contributed by atoms with Crippen molar-refractivity contribution in [3.8, 4) is 0 Å². The molecule has 0 spiro atoms. The number of rotatable bonds is 4. The molecule has 1 atom stereocenters. The number of aromatic nitrogens is 1. The molecule has 2 fully saturated rings. The van der Waals surface area contributed by atoms with Crippen molar-refractivity contribution in [3.05, 3.63) is 23.5 Å². The Balaban J connectivity index is 1.71. The predicted molar refractivity (Wildman–Crippen MR) is 72.2 cm³/mol. The number of hydrogen-bond acceptors (Lipinski definition) is 4. The summed E-state index contributed by atoms with van der Waals surface area (Å²) < 4.78 is 5.59. The van der Waals surface area contributed by atoms with Crippen molar-refractivity contribution in [2.24, 2.45) is 0 Å². The first kappa shape index (κ1) is 12.2. The fourth-order valence-electron chi connectivity index (χ4n) is 2.33. The number of halogens is 1. The molecule has 1 aliphatic heterocycles. The van der Waals surface area contributed by atoms with Crippen LogP contribution in [0, 0.1) is 0 Å². The zero-order chi connectivity index (χ0) is 12.4. The molecule has 1 aromatic heterocycles. The minimum Gasteiger partial charge on any atom is -0.377 e. The van der Waals surface area contributed by atoms with E-state index in [1.807, 2.05) is 6.07 Å². The molecule has 0 amide bonds. The summed E-state index contributed by atoms with van der Waals surface area (Å²) in [6.07, 6.45) is 6.12. The number of nitrogens with zero attached hydrogens (tertiary/aromatic N) is 2. The van der Waals surface area contributed by atoms with Gasteiger partial charge in [0.05, 0.1) is 30.0 Å². The summed E-state index contributed by atoms with van der Waals surface area (Å²) in [5.74, 6) is 0. The van der Waals surface area contributed by atoms with Crippen molar-refractivity contribution in [3.63, 3.8) is 0 Å². The smallest absolute Gasteiger partial charge is 0.0822 e. The van der Waals surface area contributed by atoms with E-state index in [1.54, 1.807) is 12.4 Å². The van der Waals surface area contributed by atoms with Crippen molar-refractivity contribution < 1.29 is 4.74 Å². The Hall–Kier alpha value is -0.840. The number of hydrogen-bond donors (Lipinski definition) is 1. The van der Waals surface area contributed by atoms with Crippen LogP contribution in [0.25, 0.3) is 0 Å². The van der Waals surface area contributed by atoms with Gasteiger partial charge in [0, 0.05) is 31.5 Å². The summed E-state index contributed by atoms with van der Waals surface area (Å²) in [6, 6.07) is 3.07. The molecule has 5 heteroatoms. The van der Waals surface area contributed by atoms with E-state index in [0.29, 0.717) is 6.04 Å². The van der Waals surface area contributed by atoms with Crippen LogP contribution in [0.3, 0.4) is 0 Å². The van der Waals surface area contributed by atoms with Crippen LogP contribution in [-0.2, 0) is 4.74 Å². The van der Waals surface area contributed by atoms with Crippen molar-refractivity contribution in [2.45, 2.75) is 24.9 Å². The average Bonchev–Trinajstić information content (AvgIpc) is 3.22. The van der Waals surface area contributed by atoms with Gasteiger partial charge >= 0.3 is 0 Å². The summed E-state index contributed by atoms with van der Waals surface area (Å²) in [4.78, 5) is 6.38. The minimum atomic E-state index is 0.360. The number of anilines is 1. The molecule has 1 saturated carbocycles. The van der Waals surface area contributed by atoms with Crippen molar-refractivity contribution in [1.82, 2.24) is 10.3 Å². The van der Waals surface area contributed by atoms with Crippen LogP contribution in [0.5, 0.6) is 0 Å². The van der Waals surface area contributed by atoms with Crippen molar-refractivity contribution in [2.75, 3.05) is 31.2 Å². The highest BCUT2D eigenvalue weighted by Crippen LogP contribution is 2.27. The third-order valence-electron chi connectivity index (χ3n) is 3.51. The molecular formula is C13H18ClN3O. The largest absolute Gasteiger partial charge is 0.377 e. The molecule has 1 N–H and O–H groups in total. The van der Waals surface area contributed by atoms with E-state index in [4.69, 9.17) is 16.3 Å². The van der Waals surface area contributed by atoms with E-state index in [0.717, 1.165) is 43.1 Å². The minimum absolute atomic E-state index is 0.360. The first-order chi connectivity index (χ1) is 8.84. The SMILES string of the molecule is Clc1cnccc1N1CCOCC1CNC1CC1. The number of pyridine rings is 1. The van der Waals surface area contributed by atoms with Gasteiger partial charge < -0.3 is 15.0 Å². The molecule has 2 aliphatic rings. The van der Waals surface area contributed by atoms with E-state index in [9.17, 15) is 0 Å². The summed E-state index contributed by atoms with van der Waals surface area (Å²) in [5, 5.41) is 4.28. The normalized spacial score (nSPS) is 24.3. The predicted octanol–water partition coefficient (Wildman–Crippen LogP) is 1.69. The fraction of sp³-hybridized carbons (Fsp3) is 0.615. The van der Waals surface area contributed by atoms with E-state index < -0.39 is 0 Å². The lowest BCUT2D eigenvalue weighted by atomic mass is 10.2. The van der Waals surface area contributed by atoms with Gasteiger partial charge in [-0.2, -0.15) is 0 Å². The summed E-state index contributed by atoms with van der Waals surface area (Å²) >= 11 is 6.23. The Morgan fingerprint density at radius 2 is 2.39 bits per heavy atom. The highest BCUT2D eigenvalue weighted by atomic mass is 35.5. The van der Waals surface area contributed by atoms with Gasteiger partial charge in [-0.15, -0.1) is 0 Å². The molecule has 0 aromatic carbocycles. The fourth-order valence-corrected chi connectivity index (χ4v) is 2.56. The molecule has 18 heavy (non-hydrogen) atoms. The average molecular weight is 268 g/mol. The lowest BCUT2D eigenvalue weighted by Crippen LogP contribution is -2.51. The Bertz CT molecular complexity index is 411. The second-order valence-corrected chi connectivity index (χ2v) is 5.34. The van der Waals surface area contributed by atoms with Gasteiger partial charge in [-0.05, 0) is 18.9 Å². The van der Waals surface area contributed by atoms with E-state index in [-0.39, 0.29) is 0 Å². The third-order valence-corrected chi connectivity index (χ3v) is 3.80. The van der Waals surface area contributed by atoms with Crippen molar-refractivity contribution >= 4 is 17.3 Å². The van der Waals surface area contributed by atoms with Gasteiger partial charge in [-0.1, -0.05) is 11.6 Å². The second-order valence-electron chi connectivity index (χ2n) is 4.93. The Morgan fingerprint density at radius 3 is 3.17 bits per heavy atom. The van der Waals surface area contributed by atoms with Gasteiger partial charge in [0.1, 0.15) is 0 Å². The zero-order valence-corrected chi connectivity index (χ0v) is 11.1. The monoisotopic (exact) mass is 267 g/mol. The number of ether oxygens (including phenoxy) is 1. The van der Waals surface area contributed by atoms with Crippen LogP contribution in [0.2, 0.25) is 5.02 Å². The molecule has 1 aliphatic carbocycles. The molecule has 3 rings (SSSR count). The molecule has 98 valence electrons. The molecule has 1 unspecified atom stereocenters. The van der Waals surface area contributed by atoms with E-state index >= 15 is 0 Å². The van der Waals surface area contributed by atoms with E-state index in [1.165, 1.54) is 12.8 Å². The first-order valence-corrected chi connectivity index (χ1v) is 6.89. The zero-order valence-electron chi connectivity index (χ0n) is 10.3. The Morgan fingerprint density at radius 1 is 1.50 bits per heavy atom. The second kappa shape index (κ2) is 5.43.